The number of hydrogen-bond donors (Lipinski definition) is 0. The molecular weight excluding hydrogens is 444 g/mol. The Morgan fingerprint density at radius 3 is 1.03 bits per heavy atom. The molecule has 1 aliphatic rings. The van der Waals surface area contributed by atoms with Crippen LogP contribution in [0.5, 0.6) is 0 Å². The molecule has 0 N–H and O–H groups in total. The fraction of sp³-hybridized carbons (Fsp3) is 0.188. The second-order valence-corrected chi connectivity index (χ2v) is 9.25. The number of para-hydroxylation sites is 4. The SMILES string of the molecule is O=C(C1CCCC(C(=O)N(c2ccccc2)c2ccccc2)C1)N(c1ccccc1)c1ccccc1. The van der Waals surface area contributed by atoms with Crippen molar-refractivity contribution in [2.75, 3.05) is 9.80 Å². The molecule has 4 heteroatoms. The van der Waals surface area contributed by atoms with Crippen LogP contribution in [0.1, 0.15) is 25.7 Å². The Labute approximate surface area is 212 Å². The van der Waals surface area contributed by atoms with Crippen molar-refractivity contribution in [2.45, 2.75) is 25.7 Å². The molecule has 36 heavy (non-hydrogen) atoms. The first-order valence-electron chi connectivity index (χ1n) is 12.6. The maximum absolute atomic E-state index is 14.0. The van der Waals surface area contributed by atoms with Crippen molar-refractivity contribution in [1.29, 1.82) is 0 Å². The van der Waals surface area contributed by atoms with Crippen LogP contribution in [0.2, 0.25) is 0 Å². The van der Waals surface area contributed by atoms with Gasteiger partial charge in [0.1, 0.15) is 0 Å². The van der Waals surface area contributed by atoms with Gasteiger partial charge in [0, 0.05) is 34.6 Å². The van der Waals surface area contributed by atoms with Gasteiger partial charge in [-0.2, -0.15) is 0 Å². The number of hydrogen-bond acceptors (Lipinski definition) is 2. The lowest BCUT2D eigenvalue weighted by atomic mass is 9.79. The highest BCUT2D eigenvalue weighted by atomic mass is 16.2. The van der Waals surface area contributed by atoms with Gasteiger partial charge < -0.3 is 0 Å². The van der Waals surface area contributed by atoms with E-state index in [9.17, 15) is 9.59 Å². The van der Waals surface area contributed by atoms with Crippen molar-refractivity contribution < 1.29 is 9.59 Å². The number of benzene rings is 4. The normalized spacial score (nSPS) is 17.2. The Bertz CT molecular complexity index is 1100. The summed E-state index contributed by atoms with van der Waals surface area (Å²) in [6.45, 7) is 0. The van der Waals surface area contributed by atoms with Gasteiger partial charge in [-0.25, -0.2) is 0 Å². The minimum atomic E-state index is -0.221. The molecule has 1 aliphatic carbocycles. The first-order valence-corrected chi connectivity index (χ1v) is 12.6. The summed E-state index contributed by atoms with van der Waals surface area (Å²) in [6, 6.07) is 39.1. The molecule has 0 saturated heterocycles. The lowest BCUT2D eigenvalue weighted by Crippen LogP contribution is -2.40. The minimum absolute atomic E-state index is 0.0517. The molecule has 1 fully saturated rings. The molecule has 0 aromatic heterocycles. The van der Waals surface area contributed by atoms with E-state index in [1.54, 1.807) is 0 Å². The molecule has 2 atom stereocenters. The lowest BCUT2D eigenvalue weighted by Gasteiger charge is -2.34. The van der Waals surface area contributed by atoms with Crippen LogP contribution < -0.4 is 9.80 Å². The smallest absolute Gasteiger partial charge is 0.234 e. The molecule has 180 valence electrons. The first kappa shape index (κ1) is 23.6. The fourth-order valence-corrected chi connectivity index (χ4v) is 5.12. The van der Waals surface area contributed by atoms with Crippen LogP contribution in [0.25, 0.3) is 0 Å². The summed E-state index contributed by atoms with van der Waals surface area (Å²) in [5, 5.41) is 0. The number of nitrogens with zero attached hydrogens (tertiary/aromatic N) is 2. The Kier molecular flexibility index (Phi) is 7.23. The average molecular weight is 475 g/mol. The van der Waals surface area contributed by atoms with E-state index in [2.05, 4.69) is 0 Å². The standard InChI is InChI=1S/C32H30N2O2/c35-31(33(27-16-5-1-6-17-27)28-18-7-2-8-19-28)25-14-13-15-26(24-25)32(36)34(29-20-9-3-10-21-29)30-22-11-4-12-23-30/h1-12,16-23,25-26H,13-15,24H2. The van der Waals surface area contributed by atoms with Crippen LogP contribution >= 0.6 is 0 Å². The van der Waals surface area contributed by atoms with Gasteiger partial charge in [0.15, 0.2) is 0 Å². The molecule has 0 heterocycles. The zero-order valence-electron chi connectivity index (χ0n) is 20.2. The third-order valence-corrected chi connectivity index (χ3v) is 6.87. The summed E-state index contributed by atoms with van der Waals surface area (Å²) in [4.78, 5) is 31.6. The Morgan fingerprint density at radius 2 is 0.750 bits per heavy atom. The van der Waals surface area contributed by atoms with E-state index in [0.29, 0.717) is 6.42 Å². The first-order chi connectivity index (χ1) is 17.7. The summed E-state index contributed by atoms with van der Waals surface area (Å²) in [5.74, 6) is -0.338. The summed E-state index contributed by atoms with van der Waals surface area (Å²) in [7, 11) is 0. The van der Waals surface area contributed by atoms with Gasteiger partial charge >= 0.3 is 0 Å². The Balaban J connectivity index is 1.42. The molecule has 2 amide bonds. The highest BCUT2D eigenvalue weighted by Gasteiger charge is 2.36. The average Bonchev–Trinajstić information content (AvgIpc) is 2.96. The van der Waals surface area contributed by atoms with Crippen molar-refractivity contribution in [2.24, 2.45) is 11.8 Å². The molecule has 4 aromatic rings. The molecule has 4 nitrogen and oxygen atoms in total. The van der Waals surface area contributed by atoms with Crippen LogP contribution in [0, 0.1) is 11.8 Å². The zero-order chi connectivity index (χ0) is 24.7. The number of anilines is 4. The van der Waals surface area contributed by atoms with Gasteiger partial charge in [-0.3, -0.25) is 19.4 Å². The zero-order valence-corrected chi connectivity index (χ0v) is 20.2. The quantitative estimate of drug-likeness (QED) is 0.290. The predicted octanol–water partition coefficient (Wildman–Crippen LogP) is 7.52. The van der Waals surface area contributed by atoms with Gasteiger partial charge in [-0.05, 0) is 67.8 Å². The van der Waals surface area contributed by atoms with Crippen molar-refractivity contribution >= 4 is 34.6 Å². The highest BCUT2D eigenvalue weighted by molar-refractivity contribution is 6.04. The topological polar surface area (TPSA) is 40.6 Å². The molecule has 0 radical (unpaired) electrons. The van der Waals surface area contributed by atoms with Gasteiger partial charge in [0.05, 0.1) is 0 Å². The van der Waals surface area contributed by atoms with E-state index in [0.717, 1.165) is 42.0 Å². The summed E-state index contributed by atoms with van der Waals surface area (Å²) in [6.07, 6.45) is 2.97. The third kappa shape index (κ3) is 5.08. The van der Waals surface area contributed by atoms with E-state index in [1.165, 1.54) is 0 Å². The lowest BCUT2D eigenvalue weighted by molar-refractivity contribution is -0.126. The molecule has 0 aliphatic heterocycles. The molecule has 5 rings (SSSR count). The van der Waals surface area contributed by atoms with Gasteiger partial charge in [0.25, 0.3) is 0 Å². The third-order valence-electron chi connectivity index (χ3n) is 6.87. The molecule has 0 spiro atoms. The number of rotatable bonds is 6. The molecule has 4 aromatic carbocycles. The maximum Gasteiger partial charge on any atom is 0.234 e. The molecule has 1 saturated carbocycles. The highest BCUT2D eigenvalue weighted by Crippen LogP contribution is 2.37. The monoisotopic (exact) mass is 474 g/mol. The van der Waals surface area contributed by atoms with E-state index >= 15 is 0 Å². The predicted molar refractivity (Wildman–Crippen MR) is 146 cm³/mol. The van der Waals surface area contributed by atoms with E-state index in [4.69, 9.17) is 0 Å². The summed E-state index contributed by atoms with van der Waals surface area (Å²) >= 11 is 0. The summed E-state index contributed by atoms with van der Waals surface area (Å²) in [5.41, 5.74) is 3.38. The Hall–Kier alpha value is -4.18. The van der Waals surface area contributed by atoms with Crippen molar-refractivity contribution in [3.05, 3.63) is 121 Å². The molecule has 0 bridgehead atoms. The van der Waals surface area contributed by atoms with Crippen LogP contribution in [-0.4, -0.2) is 11.8 Å². The summed E-state index contributed by atoms with van der Waals surface area (Å²) < 4.78 is 0. The molecule has 2 unspecified atom stereocenters. The largest absolute Gasteiger partial charge is 0.281 e. The van der Waals surface area contributed by atoms with E-state index in [1.807, 2.05) is 131 Å². The van der Waals surface area contributed by atoms with Crippen molar-refractivity contribution in [3.63, 3.8) is 0 Å². The number of carbonyl (C=O) groups is 2. The second kappa shape index (κ2) is 11.0. The van der Waals surface area contributed by atoms with E-state index in [-0.39, 0.29) is 23.7 Å². The minimum Gasteiger partial charge on any atom is -0.281 e. The van der Waals surface area contributed by atoms with Gasteiger partial charge in [-0.1, -0.05) is 79.2 Å². The van der Waals surface area contributed by atoms with Crippen molar-refractivity contribution in [1.82, 2.24) is 0 Å². The van der Waals surface area contributed by atoms with Gasteiger partial charge in [0.2, 0.25) is 11.8 Å². The Morgan fingerprint density at radius 1 is 0.472 bits per heavy atom. The number of amides is 2. The fourth-order valence-electron chi connectivity index (χ4n) is 5.12. The van der Waals surface area contributed by atoms with E-state index < -0.39 is 0 Å². The van der Waals surface area contributed by atoms with Crippen LogP contribution in [0.3, 0.4) is 0 Å². The second-order valence-electron chi connectivity index (χ2n) is 9.25. The molecular formula is C32H30N2O2. The van der Waals surface area contributed by atoms with Gasteiger partial charge in [-0.15, -0.1) is 0 Å². The van der Waals surface area contributed by atoms with Crippen LogP contribution in [0.15, 0.2) is 121 Å². The van der Waals surface area contributed by atoms with Crippen LogP contribution in [-0.2, 0) is 9.59 Å². The number of carbonyl (C=O) groups excluding carboxylic acids is 2. The maximum atomic E-state index is 14.0. The van der Waals surface area contributed by atoms with Crippen LogP contribution in [0.4, 0.5) is 22.7 Å². The van der Waals surface area contributed by atoms with Crippen molar-refractivity contribution in [3.8, 4) is 0 Å².